The number of H-pyrrole nitrogens is 1. The van der Waals surface area contributed by atoms with Crippen LogP contribution in [0.2, 0.25) is 5.02 Å². The first-order chi connectivity index (χ1) is 6.27. The number of aromatic nitrogens is 2. The highest BCUT2D eigenvalue weighted by atomic mass is 35.5. The zero-order valence-electron chi connectivity index (χ0n) is 7.62. The van der Waals surface area contributed by atoms with Gasteiger partial charge in [-0.3, -0.25) is 0 Å². The molecule has 4 heteroatoms. The molecule has 0 bridgehead atoms. The molecule has 0 aliphatic carbocycles. The summed E-state index contributed by atoms with van der Waals surface area (Å²) in [6, 6.07) is 7.68. The molecule has 2 aromatic rings. The van der Waals surface area contributed by atoms with Crippen LogP contribution in [-0.2, 0) is 0 Å². The number of halogens is 2. The average Bonchev–Trinajstić information content (AvgIpc) is 2.51. The zero-order valence-corrected chi connectivity index (χ0v) is 9.19. The number of aromatic amines is 1. The zero-order chi connectivity index (χ0) is 9.26. The van der Waals surface area contributed by atoms with Crippen LogP contribution in [0.25, 0.3) is 11.3 Å². The Labute approximate surface area is 93.7 Å². The SMILES string of the molecule is Cc1[nH]cnc1-c1cccc(Cl)c1.Cl. The van der Waals surface area contributed by atoms with E-state index in [4.69, 9.17) is 11.6 Å². The summed E-state index contributed by atoms with van der Waals surface area (Å²) in [7, 11) is 0. The van der Waals surface area contributed by atoms with Gasteiger partial charge in [-0.1, -0.05) is 23.7 Å². The molecule has 1 heterocycles. The highest BCUT2D eigenvalue weighted by molar-refractivity contribution is 6.30. The van der Waals surface area contributed by atoms with Crippen molar-refractivity contribution < 1.29 is 0 Å². The predicted molar refractivity (Wildman–Crippen MR) is 61.0 cm³/mol. The smallest absolute Gasteiger partial charge is 0.0929 e. The van der Waals surface area contributed by atoms with Crippen molar-refractivity contribution in [3.63, 3.8) is 0 Å². The molecule has 0 fully saturated rings. The van der Waals surface area contributed by atoms with Crippen LogP contribution >= 0.6 is 24.0 Å². The van der Waals surface area contributed by atoms with Gasteiger partial charge < -0.3 is 4.98 Å². The molecule has 2 rings (SSSR count). The number of hydrogen-bond acceptors (Lipinski definition) is 1. The molecule has 1 N–H and O–H groups in total. The van der Waals surface area contributed by atoms with E-state index >= 15 is 0 Å². The van der Waals surface area contributed by atoms with Gasteiger partial charge in [0.25, 0.3) is 0 Å². The van der Waals surface area contributed by atoms with Crippen LogP contribution in [0.5, 0.6) is 0 Å². The summed E-state index contributed by atoms with van der Waals surface area (Å²) in [5.41, 5.74) is 3.07. The highest BCUT2D eigenvalue weighted by Crippen LogP contribution is 2.22. The molecule has 0 radical (unpaired) electrons. The van der Waals surface area contributed by atoms with Crippen LogP contribution in [0.1, 0.15) is 5.69 Å². The third-order valence-corrected chi connectivity index (χ3v) is 2.16. The van der Waals surface area contributed by atoms with Crippen LogP contribution in [0.3, 0.4) is 0 Å². The van der Waals surface area contributed by atoms with Crippen LogP contribution in [-0.4, -0.2) is 9.97 Å². The van der Waals surface area contributed by atoms with Gasteiger partial charge in [0.15, 0.2) is 0 Å². The summed E-state index contributed by atoms with van der Waals surface area (Å²) >= 11 is 5.88. The standard InChI is InChI=1S/C10H9ClN2.ClH/c1-7-10(13-6-12-7)8-3-2-4-9(11)5-8;/h2-6H,1H3,(H,12,13);1H. The monoisotopic (exact) mass is 228 g/mol. The lowest BCUT2D eigenvalue weighted by molar-refractivity contribution is 1.25. The molecular weight excluding hydrogens is 219 g/mol. The van der Waals surface area contributed by atoms with Crippen LogP contribution in [0, 0.1) is 6.92 Å². The van der Waals surface area contributed by atoms with Crippen molar-refractivity contribution in [2.75, 3.05) is 0 Å². The fourth-order valence-electron chi connectivity index (χ4n) is 1.29. The van der Waals surface area contributed by atoms with E-state index in [0.29, 0.717) is 0 Å². The molecule has 0 saturated carbocycles. The number of hydrogen-bond donors (Lipinski definition) is 1. The third-order valence-electron chi connectivity index (χ3n) is 1.93. The Hall–Kier alpha value is -0.990. The van der Waals surface area contributed by atoms with E-state index in [1.54, 1.807) is 6.33 Å². The van der Waals surface area contributed by atoms with Gasteiger partial charge in [0.1, 0.15) is 0 Å². The molecule has 0 aliphatic heterocycles. The lowest BCUT2D eigenvalue weighted by Crippen LogP contribution is -1.80. The molecule has 1 aromatic carbocycles. The minimum absolute atomic E-state index is 0. The van der Waals surface area contributed by atoms with Crippen molar-refractivity contribution in [3.05, 3.63) is 41.3 Å². The van der Waals surface area contributed by atoms with Crippen molar-refractivity contribution in [2.45, 2.75) is 6.92 Å². The normalized spacial score (nSPS) is 9.57. The quantitative estimate of drug-likeness (QED) is 0.796. The molecule has 0 unspecified atom stereocenters. The van der Waals surface area contributed by atoms with Crippen molar-refractivity contribution in [1.82, 2.24) is 9.97 Å². The first-order valence-electron chi connectivity index (χ1n) is 4.03. The van der Waals surface area contributed by atoms with Crippen molar-refractivity contribution in [1.29, 1.82) is 0 Å². The topological polar surface area (TPSA) is 28.7 Å². The fraction of sp³-hybridized carbons (Fsp3) is 0.100. The minimum Gasteiger partial charge on any atom is -0.348 e. The molecule has 0 amide bonds. The van der Waals surface area contributed by atoms with Crippen molar-refractivity contribution in [3.8, 4) is 11.3 Å². The molecule has 2 nitrogen and oxygen atoms in total. The van der Waals surface area contributed by atoms with E-state index in [-0.39, 0.29) is 12.4 Å². The number of benzene rings is 1. The van der Waals surface area contributed by atoms with E-state index in [2.05, 4.69) is 9.97 Å². The van der Waals surface area contributed by atoms with Crippen molar-refractivity contribution >= 4 is 24.0 Å². The van der Waals surface area contributed by atoms with Crippen LogP contribution in [0.4, 0.5) is 0 Å². The molecule has 0 atom stereocenters. The molecule has 0 saturated heterocycles. The second-order valence-electron chi connectivity index (χ2n) is 2.89. The summed E-state index contributed by atoms with van der Waals surface area (Å²) in [5.74, 6) is 0. The molecular formula is C10H10Cl2N2. The van der Waals surface area contributed by atoms with E-state index in [9.17, 15) is 0 Å². The molecule has 74 valence electrons. The van der Waals surface area contributed by atoms with E-state index in [1.807, 2.05) is 31.2 Å². The highest BCUT2D eigenvalue weighted by Gasteiger charge is 2.03. The maximum absolute atomic E-state index is 5.88. The Bertz CT molecular complexity index is 424. The van der Waals surface area contributed by atoms with E-state index in [0.717, 1.165) is 22.0 Å². The van der Waals surface area contributed by atoms with Crippen LogP contribution in [0.15, 0.2) is 30.6 Å². The van der Waals surface area contributed by atoms with E-state index < -0.39 is 0 Å². The third kappa shape index (κ3) is 2.08. The Morgan fingerprint density at radius 3 is 2.71 bits per heavy atom. The predicted octanol–water partition coefficient (Wildman–Crippen LogP) is 3.46. The number of nitrogens with zero attached hydrogens (tertiary/aromatic N) is 1. The second-order valence-corrected chi connectivity index (χ2v) is 3.32. The lowest BCUT2D eigenvalue weighted by atomic mass is 10.1. The summed E-state index contributed by atoms with van der Waals surface area (Å²) in [4.78, 5) is 7.25. The van der Waals surface area contributed by atoms with Crippen LogP contribution < -0.4 is 0 Å². The Balaban J connectivity index is 0.000000980. The molecule has 14 heavy (non-hydrogen) atoms. The van der Waals surface area contributed by atoms with Gasteiger partial charge in [-0.05, 0) is 19.1 Å². The molecule has 0 spiro atoms. The number of imidazole rings is 1. The fourth-order valence-corrected chi connectivity index (χ4v) is 1.48. The first kappa shape index (κ1) is 11.1. The first-order valence-corrected chi connectivity index (χ1v) is 4.41. The Morgan fingerprint density at radius 2 is 2.14 bits per heavy atom. The van der Waals surface area contributed by atoms with Gasteiger partial charge in [0, 0.05) is 16.3 Å². The maximum atomic E-state index is 5.88. The van der Waals surface area contributed by atoms with Gasteiger partial charge in [-0.2, -0.15) is 0 Å². The Morgan fingerprint density at radius 1 is 1.36 bits per heavy atom. The summed E-state index contributed by atoms with van der Waals surface area (Å²) < 4.78 is 0. The average molecular weight is 229 g/mol. The maximum Gasteiger partial charge on any atom is 0.0929 e. The molecule has 1 aromatic heterocycles. The minimum atomic E-state index is 0. The Kier molecular flexibility index (Phi) is 3.55. The van der Waals surface area contributed by atoms with Gasteiger partial charge >= 0.3 is 0 Å². The number of rotatable bonds is 1. The molecule has 0 aliphatic rings. The largest absolute Gasteiger partial charge is 0.348 e. The van der Waals surface area contributed by atoms with Gasteiger partial charge in [-0.15, -0.1) is 12.4 Å². The van der Waals surface area contributed by atoms with Gasteiger partial charge in [0.05, 0.1) is 12.0 Å². The van der Waals surface area contributed by atoms with Gasteiger partial charge in [-0.25, -0.2) is 4.98 Å². The van der Waals surface area contributed by atoms with Crippen molar-refractivity contribution in [2.24, 2.45) is 0 Å². The second kappa shape index (κ2) is 4.49. The van der Waals surface area contributed by atoms with E-state index in [1.165, 1.54) is 0 Å². The lowest BCUT2D eigenvalue weighted by Gasteiger charge is -1.98. The summed E-state index contributed by atoms with van der Waals surface area (Å²) in [5, 5.41) is 0.736. The summed E-state index contributed by atoms with van der Waals surface area (Å²) in [6.07, 6.45) is 1.69. The number of nitrogens with one attached hydrogen (secondary N) is 1. The number of aryl methyl sites for hydroxylation is 1. The van der Waals surface area contributed by atoms with Gasteiger partial charge in [0.2, 0.25) is 0 Å². The summed E-state index contributed by atoms with van der Waals surface area (Å²) in [6.45, 7) is 1.99.